The van der Waals surface area contributed by atoms with E-state index in [0.29, 0.717) is 6.04 Å². The molecular weight excluding hydrogens is 222 g/mol. The Morgan fingerprint density at radius 1 is 1.28 bits per heavy atom. The predicted molar refractivity (Wildman–Crippen MR) is 72.2 cm³/mol. The van der Waals surface area contributed by atoms with Crippen LogP contribution in [0.2, 0.25) is 0 Å². The van der Waals surface area contributed by atoms with E-state index in [1.165, 1.54) is 36.8 Å². The number of nitrogens with zero attached hydrogens (tertiary/aromatic N) is 1. The maximum absolute atomic E-state index is 4.26. The van der Waals surface area contributed by atoms with Crippen molar-refractivity contribution >= 4 is 0 Å². The predicted octanol–water partition coefficient (Wildman–Crippen LogP) is 2.97. The first-order chi connectivity index (χ1) is 8.93. The summed E-state index contributed by atoms with van der Waals surface area (Å²) in [6.45, 7) is 0.812. The molecule has 1 atom stereocenters. The zero-order chi connectivity index (χ0) is 12.2. The topological polar surface area (TPSA) is 40.7 Å². The Bertz CT molecular complexity index is 490. The van der Waals surface area contributed by atoms with E-state index in [4.69, 9.17) is 0 Å². The number of nitrogens with one attached hydrogen (secondary N) is 2. The molecule has 0 spiro atoms. The van der Waals surface area contributed by atoms with Gasteiger partial charge in [0.1, 0.15) is 5.82 Å². The van der Waals surface area contributed by atoms with E-state index in [0.717, 1.165) is 12.4 Å². The first-order valence-corrected chi connectivity index (χ1v) is 6.73. The number of H-pyrrole nitrogens is 1. The molecule has 0 aliphatic heterocycles. The summed E-state index contributed by atoms with van der Waals surface area (Å²) in [5, 5.41) is 3.63. The summed E-state index contributed by atoms with van der Waals surface area (Å²) in [5.74, 6) is 1.01. The monoisotopic (exact) mass is 241 g/mol. The zero-order valence-electron chi connectivity index (χ0n) is 10.5. The summed E-state index contributed by atoms with van der Waals surface area (Å²) in [6, 6.07) is 9.29. The molecule has 3 rings (SSSR count). The van der Waals surface area contributed by atoms with E-state index in [9.17, 15) is 0 Å². The fourth-order valence-corrected chi connectivity index (χ4v) is 2.75. The Kier molecular flexibility index (Phi) is 3.42. The van der Waals surface area contributed by atoms with Crippen molar-refractivity contribution in [3.8, 4) is 0 Å². The Hall–Kier alpha value is -1.61. The number of fused-ring (bicyclic) bond motifs is 1. The molecule has 1 unspecified atom stereocenters. The van der Waals surface area contributed by atoms with Crippen LogP contribution in [-0.2, 0) is 13.0 Å². The average Bonchev–Trinajstić information content (AvgIpc) is 2.84. The van der Waals surface area contributed by atoms with Gasteiger partial charge in [-0.3, -0.25) is 0 Å². The van der Waals surface area contributed by atoms with Crippen molar-refractivity contribution < 1.29 is 0 Å². The van der Waals surface area contributed by atoms with Gasteiger partial charge in [-0.2, -0.15) is 0 Å². The van der Waals surface area contributed by atoms with Gasteiger partial charge >= 0.3 is 0 Å². The van der Waals surface area contributed by atoms with E-state index in [-0.39, 0.29) is 0 Å². The second kappa shape index (κ2) is 5.36. The Morgan fingerprint density at radius 3 is 3.11 bits per heavy atom. The Morgan fingerprint density at radius 2 is 2.22 bits per heavy atom. The summed E-state index contributed by atoms with van der Waals surface area (Å²) in [5.41, 5.74) is 2.98. The van der Waals surface area contributed by atoms with E-state index < -0.39 is 0 Å². The van der Waals surface area contributed by atoms with Crippen LogP contribution < -0.4 is 5.32 Å². The Balaban J connectivity index is 1.75. The molecule has 1 heterocycles. The van der Waals surface area contributed by atoms with Gasteiger partial charge < -0.3 is 10.3 Å². The van der Waals surface area contributed by atoms with Crippen LogP contribution in [0.3, 0.4) is 0 Å². The molecule has 0 amide bonds. The van der Waals surface area contributed by atoms with E-state index in [1.807, 2.05) is 6.20 Å². The molecule has 1 aliphatic rings. The maximum atomic E-state index is 4.26. The minimum atomic E-state index is 0.466. The number of imidazole rings is 1. The zero-order valence-corrected chi connectivity index (χ0v) is 10.5. The molecule has 1 aromatic carbocycles. The lowest BCUT2D eigenvalue weighted by Gasteiger charge is -2.18. The third-order valence-corrected chi connectivity index (χ3v) is 3.69. The van der Waals surface area contributed by atoms with Crippen molar-refractivity contribution in [1.29, 1.82) is 0 Å². The van der Waals surface area contributed by atoms with Crippen molar-refractivity contribution in [2.24, 2.45) is 0 Å². The number of hydrogen-bond donors (Lipinski definition) is 2. The van der Waals surface area contributed by atoms with Crippen molar-refractivity contribution in [3.63, 3.8) is 0 Å². The smallest absolute Gasteiger partial charge is 0.120 e. The number of aryl methyl sites for hydroxylation is 1. The van der Waals surface area contributed by atoms with E-state index in [1.54, 1.807) is 6.20 Å². The molecule has 0 saturated carbocycles. The number of benzene rings is 1. The molecule has 2 aromatic rings. The number of rotatable bonds is 3. The number of aromatic nitrogens is 2. The molecule has 0 bridgehead atoms. The largest absolute Gasteiger partial charge is 0.348 e. The standard InChI is InChI=1S/C15H19N3/c1-3-7-13-12(5-1)6-2-4-8-14(13)18-11-15-16-9-10-17-15/h1,3,5,7,9-10,14,18H,2,4,6,8,11H2,(H,16,17). The highest BCUT2D eigenvalue weighted by Gasteiger charge is 2.17. The van der Waals surface area contributed by atoms with Crippen LogP contribution in [0.25, 0.3) is 0 Å². The van der Waals surface area contributed by atoms with Crippen molar-refractivity contribution in [2.75, 3.05) is 0 Å². The lowest BCUT2D eigenvalue weighted by Crippen LogP contribution is -2.21. The van der Waals surface area contributed by atoms with Crippen LogP contribution in [0.15, 0.2) is 36.7 Å². The van der Waals surface area contributed by atoms with Crippen molar-refractivity contribution in [2.45, 2.75) is 38.3 Å². The van der Waals surface area contributed by atoms with Crippen LogP contribution >= 0.6 is 0 Å². The lowest BCUT2D eigenvalue weighted by molar-refractivity contribution is 0.482. The summed E-state index contributed by atoms with van der Waals surface area (Å²) >= 11 is 0. The summed E-state index contributed by atoms with van der Waals surface area (Å²) in [7, 11) is 0. The molecule has 18 heavy (non-hydrogen) atoms. The van der Waals surface area contributed by atoms with Crippen LogP contribution in [0.1, 0.15) is 42.3 Å². The average molecular weight is 241 g/mol. The van der Waals surface area contributed by atoms with E-state index in [2.05, 4.69) is 39.6 Å². The molecular formula is C15H19N3. The molecule has 2 N–H and O–H groups in total. The molecule has 94 valence electrons. The SMILES string of the molecule is c1ccc2c(c1)CCCCC2NCc1ncc[nH]1. The van der Waals surface area contributed by atoms with Crippen LogP contribution in [-0.4, -0.2) is 9.97 Å². The third kappa shape index (κ3) is 2.46. The highest BCUT2D eigenvalue weighted by Crippen LogP contribution is 2.28. The van der Waals surface area contributed by atoms with Crippen LogP contribution in [0.5, 0.6) is 0 Å². The molecule has 1 aromatic heterocycles. The second-order valence-electron chi connectivity index (χ2n) is 4.91. The molecule has 3 heteroatoms. The second-order valence-corrected chi connectivity index (χ2v) is 4.91. The Labute approximate surface area is 108 Å². The normalized spacial score (nSPS) is 19.2. The lowest BCUT2D eigenvalue weighted by atomic mass is 9.99. The molecule has 0 fully saturated rings. The highest BCUT2D eigenvalue weighted by molar-refractivity contribution is 5.31. The third-order valence-electron chi connectivity index (χ3n) is 3.69. The quantitative estimate of drug-likeness (QED) is 0.811. The highest BCUT2D eigenvalue weighted by atomic mass is 15.0. The van der Waals surface area contributed by atoms with Gasteiger partial charge in [-0.05, 0) is 30.4 Å². The number of aromatic amines is 1. The summed E-state index contributed by atoms with van der Waals surface area (Å²) in [4.78, 5) is 7.40. The summed E-state index contributed by atoms with van der Waals surface area (Å²) < 4.78 is 0. The van der Waals surface area contributed by atoms with Gasteiger partial charge in [0, 0.05) is 18.4 Å². The first kappa shape index (κ1) is 11.5. The van der Waals surface area contributed by atoms with E-state index >= 15 is 0 Å². The minimum Gasteiger partial charge on any atom is -0.348 e. The first-order valence-electron chi connectivity index (χ1n) is 6.73. The summed E-state index contributed by atoms with van der Waals surface area (Å²) in [6.07, 6.45) is 8.71. The van der Waals surface area contributed by atoms with Gasteiger partial charge in [-0.15, -0.1) is 0 Å². The van der Waals surface area contributed by atoms with Gasteiger partial charge in [-0.25, -0.2) is 4.98 Å². The van der Waals surface area contributed by atoms with Crippen LogP contribution in [0.4, 0.5) is 0 Å². The fraction of sp³-hybridized carbons (Fsp3) is 0.400. The minimum absolute atomic E-state index is 0.466. The van der Waals surface area contributed by atoms with Gasteiger partial charge in [-0.1, -0.05) is 30.7 Å². The molecule has 1 aliphatic carbocycles. The van der Waals surface area contributed by atoms with Crippen molar-refractivity contribution in [3.05, 3.63) is 53.6 Å². The molecule has 0 saturated heterocycles. The van der Waals surface area contributed by atoms with Crippen LogP contribution in [0, 0.1) is 0 Å². The van der Waals surface area contributed by atoms with Gasteiger partial charge in [0.05, 0.1) is 6.54 Å². The van der Waals surface area contributed by atoms with Crippen molar-refractivity contribution in [1.82, 2.24) is 15.3 Å². The van der Waals surface area contributed by atoms with Gasteiger partial charge in [0.2, 0.25) is 0 Å². The number of hydrogen-bond acceptors (Lipinski definition) is 2. The molecule has 0 radical (unpaired) electrons. The van der Waals surface area contributed by atoms with Gasteiger partial charge in [0.15, 0.2) is 0 Å². The molecule has 3 nitrogen and oxygen atoms in total. The fourth-order valence-electron chi connectivity index (χ4n) is 2.75. The van der Waals surface area contributed by atoms with Gasteiger partial charge in [0.25, 0.3) is 0 Å². The maximum Gasteiger partial charge on any atom is 0.120 e.